The van der Waals surface area contributed by atoms with Crippen molar-refractivity contribution in [1.29, 1.82) is 0 Å². The minimum Gasteiger partial charge on any atom is -0.390 e. The third kappa shape index (κ3) is 2.92. The van der Waals surface area contributed by atoms with Crippen LogP contribution in [0, 0.1) is 17.3 Å². The first-order valence-corrected chi connectivity index (χ1v) is 10.4. The van der Waals surface area contributed by atoms with Gasteiger partial charge in [-0.05, 0) is 81.4 Å². The lowest BCUT2D eigenvalue weighted by molar-refractivity contribution is -0.167. The summed E-state index contributed by atoms with van der Waals surface area (Å²) in [6, 6.07) is 8.46. The van der Waals surface area contributed by atoms with Crippen LogP contribution in [0.5, 0.6) is 0 Å². The minimum atomic E-state index is -0.432. The van der Waals surface area contributed by atoms with Crippen molar-refractivity contribution in [2.24, 2.45) is 23.0 Å². The number of fused-ring (bicyclic) bond motifs is 1. The molecule has 1 heterocycles. The molecule has 4 fully saturated rings. The molecule has 4 saturated carbocycles. The number of nitrogens with one attached hydrogen (secondary N) is 1. The van der Waals surface area contributed by atoms with Gasteiger partial charge >= 0.3 is 0 Å². The van der Waals surface area contributed by atoms with Crippen molar-refractivity contribution in [2.75, 3.05) is 11.9 Å². The van der Waals surface area contributed by atoms with Crippen molar-refractivity contribution in [3.05, 3.63) is 30.1 Å². The van der Waals surface area contributed by atoms with E-state index >= 15 is 0 Å². The zero-order chi connectivity index (χ0) is 18.6. The lowest BCUT2D eigenvalue weighted by Crippen LogP contribution is -2.60. The van der Waals surface area contributed by atoms with Crippen LogP contribution in [0.3, 0.4) is 0 Å². The molecule has 0 spiro atoms. The second-order valence-corrected chi connectivity index (χ2v) is 9.46. The van der Waals surface area contributed by atoms with Crippen LogP contribution < -0.4 is 11.1 Å². The summed E-state index contributed by atoms with van der Waals surface area (Å²) in [4.78, 5) is 9.48. The van der Waals surface area contributed by atoms with Crippen LogP contribution in [0.15, 0.2) is 24.3 Å². The normalized spacial score (nSPS) is 35.5. The molecule has 1 aromatic heterocycles. The fourth-order valence-electron chi connectivity index (χ4n) is 6.62. The third-order valence-corrected chi connectivity index (χ3v) is 7.36. The van der Waals surface area contributed by atoms with Gasteiger partial charge in [-0.3, -0.25) is 0 Å². The molecule has 4 aliphatic carbocycles. The molecule has 2 aromatic rings. The van der Waals surface area contributed by atoms with E-state index in [0.717, 1.165) is 41.8 Å². The van der Waals surface area contributed by atoms with Crippen molar-refractivity contribution < 1.29 is 5.11 Å². The predicted octanol–water partition coefficient (Wildman–Crippen LogP) is 3.26. The minimum absolute atomic E-state index is 0.179. The molecule has 1 aromatic carbocycles. The number of anilines is 1. The van der Waals surface area contributed by atoms with E-state index in [1.807, 2.05) is 18.2 Å². The van der Waals surface area contributed by atoms with Gasteiger partial charge in [0.1, 0.15) is 11.6 Å². The Bertz CT molecular complexity index is 853. The van der Waals surface area contributed by atoms with Gasteiger partial charge in [0.05, 0.1) is 11.1 Å². The molecule has 4 aliphatic rings. The van der Waals surface area contributed by atoms with Gasteiger partial charge in [0.25, 0.3) is 0 Å². The summed E-state index contributed by atoms with van der Waals surface area (Å²) in [6.45, 7) is 2.84. The van der Waals surface area contributed by atoms with Gasteiger partial charge in [-0.25, -0.2) is 9.97 Å². The highest BCUT2D eigenvalue weighted by atomic mass is 16.3. The Labute approximate surface area is 160 Å². The number of nitrogens with two attached hydrogens (primary N) is 1. The molecule has 0 unspecified atom stereocenters. The van der Waals surface area contributed by atoms with E-state index in [1.54, 1.807) is 0 Å². The summed E-state index contributed by atoms with van der Waals surface area (Å²) in [5, 5.41) is 15.9. The molecule has 0 aliphatic heterocycles. The fourth-order valence-corrected chi connectivity index (χ4v) is 6.62. The number of hydrogen-bond donors (Lipinski definition) is 3. The maximum Gasteiger partial charge on any atom is 0.137 e. The third-order valence-electron chi connectivity index (χ3n) is 7.36. The molecule has 5 heteroatoms. The van der Waals surface area contributed by atoms with Crippen LogP contribution >= 0.6 is 0 Å². The highest BCUT2D eigenvalue weighted by Gasteiger charge is 2.58. The van der Waals surface area contributed by atoms with Crippen molar-refractivity contribution in [3.8, 4) is 0 Å². The monoisotopic (exact) mass is 366 g/mol. The Morgan fingerprint density at radius 2 is 1.93 bits per heavy atom. The predicted molar refractivity (Wildman–Crippen MR) is 107 cm³/mol. The summed E-state index contributed by atoms with van der Waals surface area (Å²) in [5.41, 5.74) is 6.46. The number of rotatable bonds is 5. The Morgan fingerprint density at radius 1 is 1.19 bits per heavy atom. The molecule has 0 radical (unpaired) electrons. The van der Waals surface area contributed by atoms with Crippen LogP contribution in [-0.4, -0.2) is 33.3 Å². The summed E-state index contributed by atoms with van der Waals surface area (Å²) < 4.78 is 0. The second kappa shape index (κ2) is 6.14. The van der Waals surface area contributed by atoms with E-state index < -0.39 is 5.60 Å². The van der Waals surface area contributed by atoms with E-state index in [9.17, 15) is 5.11 Å². The average Bonchev–Trinajstić information content (AvgIpc) is 2.60. The van der Waals surface area contributed by atoms with Crippen molar-refractivity contribution in [3.63, 3.8) is 0 Å². The molecule has 27 heavy (non-hydrogen) atoms. The average molecular weight is 367 g/mol. The first-order valence-electron chi connectivity index (χ1n) is 10.4. The molecule has 4 N–H and O–H groups in total. The SMILES string of the molecule is C[C@@H](Nc1nc(CCN)nc2ccccc12)C12C[C@H]3C[C@@H](CC(O)(C3)C1)C2. The molecule has 0 saturated heterocycles. The Morgan fingerprint density at radius 3 is 2.63 bits per heavy atom. The molecule has 3 atom stereocenters. The van der Waals surface area contributed by atoms with Crippen LogP contribution in [0.4, 0.5) is 5.82 Å². The summed E-state index contributed by atoms with van der Waals surface area (Å²) >= 11 is 0. The quantitative estimate of drug-likeness (QED) is 0.756. The molecule has 5 nitrogen and oxygen atoms in total. The van der Waals surface area contributed by atoms with Crippen LogP contribution in [-0.2, 0) is 6.42 Å². The molecular formula is C22H30N4O. The standard InChI is InChI=1S/C22H30N4O/c1-14(21-9-15-8-16(10-21)12-22(27,11-15)13-21)24-20-17-4-2-3-5-18(17)25-19(26-20)6-7-23/h2-5,14-16,27H,6-13,23H2,1H3,(H,24,25,26)/t14-,15-,16-,21?,22?/m1/s1. The summed E-state index contributed by atoms with van der Waals surface area (Å²) in [7, 11) is 0. The number of benzene rings is 1. The number of aliphatic hydroxyl groups is 1. The zero-order valence-electron chi connectivity index (χ0n) is 16.1. The lowest BCUT2D eigenvalue weighted by Gasteiger charge is -2.62. The largest absolute Gasteiger partial charge is 0.390 e. The Hall–Kier alpha value is -1.72. The van der Waals surface area contributed by atoms with Crippen molar-refractivity contribution >= 4 is 16.7 Å². The first-order chi connectivity index (χ1) is 13.0. The van der Waals surface area contributed by atoms with Crippen LogP contribution in [0.2, 0.25) is 0 Å². The first kappa shape index (κ1) is 17.4. The Kier molecular flexibility index (Phi) is 3.96. The topological polar surface area (TPSA) is 84.1 Å². The van der Waals surface area contributed by atoms with Gasteiger partial charge in [-0.2, -0.15) is 0 Å². The Balaban J connectivity index is 1.48. The van der Waals surface area contributed by atoms with Gasteiger partial charge in [-0.1, -0.05) is 12.1 Å². The van der Waals surface area contributed by atoms with E-state index in [0.29, 0.717) is 24.8 Å². The van der Waals surface area contributed by atoms with Gasteiger partial charge in [0.15, 0.2) is 0 Å². The number of nitrogens with zero attached hydrogens (tertiary/aromatic N) is 2. The molecule has 4 bridgehead atoms. The second-order valence-electron chi connectivity index (χ2n) is 9.46. The zero-order valence-corrected chi connectivity index (χ0v) is 16.1. The summed E-state index contributed by atoms with van der Waals surface area (Å²) in [5.74, 6) is 3.10. The van der Waals surface area contributed by atoms with Crippen molar-refractivity contribution in [1.82, 2.24) is 9.97 Å². The summed E-state index contributed by atoms with van der Waals surface area (Å²) in [6.07, 6.45) is 7.41. The smallest absolute Gasteiger partial charge is 0.137 e. The fraction of sp³-hybridized carbons (Fsp3) is 0.636. The molecule has 144 valence electrons. The van der Waals surface area contributed by atoms with Crippen LogP contribution in [0.25, 0.3) is 10.9 Å². The maximum absolute atomic E-state index is 11.1. The molecular weight excluding hydrogens is 336 g/mol. The highest BCUT2D eigenvalue weighted by molar-refractivity contribution is 5.89. The van der Waals surface area contributed by atoms with Crippen LogP contribution in [0.1, 0.15) is 51.3 Å². The lowest BCUT2D eigenvalue weighted by atomic mass is 9.46. The van der Waals surface area contributed by atoms with E-state index in [4.69, 9.17) is 10.7 Å². The van der Waals surface area contributed by atoms with Gasteiger partial charge in [0.2, 0.25) is 0 Å². The van der Waals surface area contributed by atoms with E-state index in [1.165, 1.54) is 19.3 Å². The van der Waals surface area contributed by atoms with E-state index in [-0.39, 0.29) is 11.5 Å². The van der Waals surface area contributed by atoms with Gasteiger partial charge < -0.3 is 16.2 Å². The molecule has 6 rings (SSSR count). The highest BCUT2D eigenvalue weighted by Crippen LogP contribution is 2.63. The number of aromatic nitrogens is 2. The van der Waals surface area contributed by atoms with E-state index in [2.05, 4.69) is 23.3 Å². The molecule has 0 amide bonds. The van der Waals surface area contributed by atoms with Crippen molar-refractivity contribution in [2.45, 2.75) is 63.5 Å². The van der Waals surface area contributed by atoms with Gasteiger partial charge in [-0.15, -0.1) is 0 Å². The number of hydrogen-bond acceptors (Lipinski definition) is 5. The number of para-hydroxylation sites is 1. The maximum atomic E-state index is 11.1. The van der Waals surface area contributed by atoms with Gasteiger partial charge in [0, 0.05) is 17.8 Å².